The van der Waals surface area contributed by atoms with Crippen LogP contribution in [0.5, 0.6) is 0 Å². The molecule has 3 rings (SSSR count). The second-order valence-corrected chi connectivity index (χ2v) is 8.04. The number of aromatic nitrogens is 2. The largest absolute Gasteiger partial charge is 0.452 e. The summed E-state index contributed by atoms with van der Waals surface area (Å²) >= 11 is 0. The number of esters is 1. The Kier molecular flexibility index (Phi) is 7.97. The summed E-state index contributed by atoms with van der Waals surface area (Å²) in [5.41, 5.74) is 10.8. The van der Waals surface area contributed by atoms with E-state index in [0.29, 0.717) is 12.1 Å². The quantitative estimate of drug-likeness (QED) is 0.320. The summed E-state index contributed by atoms with van der Waals surface area (Å²) in [5.74, 6) is -1.79. The van der Waals surface area contributed by atoms with Gasteiger partial charge in [-0.2, -0.15) is 5.10 Å². The van der Waals surface area contributed by atoms with Crippen molar-refractivity contribution in [3.63, 3.8) is 0 Å². The van der Waals surface area contributed by atoms with Gasteiger partial charge in [0, 0.05) is 22.9 Å². The molecule has 1 aromatic heterocycles. The van der Waals surface area contributed by atoms with Crippen molar-refractivity contribution in [2.24, 2.45) is 0 Å². The maximum absolute atomic E-state index is 12.1. The van der Waals surface area contributed by atoms with Crippen molar-refractivity contribution < 1.29 is 19.1 Å². The normalized spacial score (nSPS) is 10.8. The van der Waals surface area contributed by atoms with Crippen molar-refractivity contribution in [2.45, 2.75) is 34.2 Å². The van der Waals surface area contributed by atoms with Gasteiger partial charge in [0.05, 0.1) is 12.2 Å². The predicted molar refractivity (Wildman–Crippen MR) is 129 cm³/mol. The van der Waals surface area contributed by atoms with Crippen LogP contribution >= 0.6 is 0 Å². The van der Waals surface area contributed by atoms with Crippen LogP contribution in [0.25, 0.3) is 6.08 Å². The summed E-state index contributed by atoms with van der Waals surface area (Å²) in [4.78, 5) is 35.9. The molecule has 0 aliphatic rings. The molecule has 0 radical (unpaired) electrons. The highest BCUT2D eigenvalue weighted by atomic mass is 16.5. The number of rotatable bonds is 7. The average Bonchev–Trinajstić information content (AvgIpc) is 3.08. The van der Waals surface area contributed by atoms with Gasteiger partial charge in [-0.3, -0.25) is 25.1 Å². The number of carbonyl (C=O) groups excluding carboxylic acids is 3. The van der Waals surface area contributed by atoms with Crippen molar-refractivity contribution >= 4 is 23.9 Å². The number of hydrogen-bond donors (Lipinski definition) is 2. The molecule has 176 valence electrons. The highest BCUT2D eigenvalue weighted by Crippen LogP contribution is 2.17. The fourth-order valence-electron chi connectivity index (χ4n) is 3.25. The lowest BCUT2D eigenvalue weighted by molar-refractivity contribution is -0.144. The molecule has 8 heteroatoms. The van der Waals surface area contributed by atoms with E-state index in [0.717, 1.165) is 28.1 Å². The Bertz CT molecular complexity index is 1210. The first-order valence-corrected chi connectivity index (χ1v) is 10.8. The number of carbonyl (C=O) groups is 3. The Morgan fingerprint density at radius 1 is 0.912 bits per heavy atom. The van der Waals surface area contributed by atoms with Crippen LogP contribution in [-0.2, 0) is 20.9 Å². The SMILES string of the molecule is Cc1ccc(Cn2nc(C)c(/C=C/C(=O)OCC(=O)NNC(=O)c3ccc(C)cc3)c2C)cc1. The van der Waals surface area contributed by atoms with Gasteiger partial charge in [-0.1, -0.05) is 47.5 Å². The second-order valence-electron chi connectivity index (χ2n) is 8.04. The molecule has 0 fully saturated rings. The zero-order valence-electron chi connectivity index (χ0n) is 19.7. The minimum atomic E-state index is -0.676. The third-order valence-electron chi connectivity index (χ3n) is 5.25. The maximum Gasteiger partial charge on any atom is 0.331 e. The molecular formula is C26H28N4O4. The van der Waals surface area contributed by atoms with Crippen molar-refractivity contribution in [1.82, 2.24) is 20.6 Å². The highest BCUT2D eigenvalue weighted by molar-refractivity contribution is 5.95. The molecule has 0 atom stereocenters. The topological polar surface area (TPSA) is 102 Å². The Morgan fingerprint density at radius 3 is 2.18 bits per heavy atom. The number of aryl methyl sites for hydroxylation is 3. The van der Waals surface area contributed by atoms with Crippen molar-refractivity contribution in [3.05, 3.63) is 93.8 Å². The number of amides is 2. The first-order chi connectivity index (χ1) is 16.2. The smallest absolute Gasteiger partial charge is 0.331 e. The molecule has 2 amide bonds. The lowest BCUT2D eigenvalue weighted by Gasteiger charge is -2.07. The standard InChI is InChI=1S/C26H28N4O4/c1-17-5-9-21(10-6-17)15-30-20(4)23(19(3)29-30)13-14-25(32)34-16-24(31)27-28-26(33)22-11-7-18(2)8-12-22/h5-14H,15-16H2,1-4H3,(H,27,31)(H,28,33)/b14-13+. The van der Waals surface area contributed by atoms with Gasteiger partial charge in [0.1, 0.15) is 0 Å². The summed E-state index contributed by atoms with van der Waals surface area (Å²) in [6, 6.07) is 15.1. The number of benzene rings is 2. The predicted octanol–water partition coefficient (Wildman–Crippen LogP) is 3.18. The molecule has 0 bridgehead atoms. The number of nitrogens with one attached hydrogen (secondary N) is 2. The zero-order chi connectivity index (χ0) is 24.7. The Morgan fingerprint density at radius 2 is 1.53 bits per heavy atom. The van der Waals surface area contributed by atoms with E-state index in [-0.39, 0.29) is 0 Å². The van der Waals surface area contributed by atoms with E-state index in [1.54, 1.807) is 30.3 Å². The minimum absolute atomic E-state index is 0.402. The van der Waals surface area contributed by atoms with Crippen LogP contribution < -0.4 is 10.9 Å². The Hall–Kier alpha value is -4.20. The fourth-order valence-corrected chi connectivity index (χ4v) is 3.25. The van der Waals surface area contributed by atoms with Gasteiger partial charge in [-0.25, -0.2) is 4.79 Å². The monoisotopic (exact) mass is 460 g/mol. The van der Waals surface area contributed by atoms with E-state index in [4.69, 9.17) is 4.74 Å². The Balaban J connectivity index is 1.49. The Labute approximate surface area is 198 Å². The van der Waals surface area contributed by atoms with E-state index in [1.165, 1.54) is 11.6 Å². The molecule has 0 aliphatic carbocycles. The summed E-state index contributed by atoms with van der Waals surface area (Å²) in [6.45, 7) is 7.85. The van der Waals surface area contributed by atoms with E-state index in [2.05, 4.69) is 40.2 Å². The van der Waals surface area contributed by atoms with Gasteiger partial charge < -0.3 is 4.74 Å². The molecule has 1 heterocycles. The molecule has 0 aliphatic heterocycles. The van der Waals surface area contributed by atoms with Gasteiger partial charge in [-0.15, -0.1) is 0 Å². The second kappa shape index (κ2) is 11.1. The van der Waals surface area contributed by atoms with E-state index < -0.39 is 24.4 Å². The fraction of sp³-hybridized carbons (Fsp3) is 0.231. The molecule has 34 heavy (non-hydrogen) atoms. The first-order valence-electron chi connectivity index (χ1n) is 10.8. The third kappa shape index (κ3) is 6.65. The average molecular weight is 461 g/mol. The maximum atomic E-state index is 12.1. The summed E-state index contributed by atoms with van der Waals surface area (Å²) in [7, 11) is 0. The molecule has 2 N–H and O–H groups in total. The van der Waals surface area contributed by atoms with Crippen LogP contribution in [-0.4, -0.2) is 34.2 Å². The van der Waals surface area contributed by atoms with Gasteiger partial charge >= 0.3 is 5.97 Å². The molecule has 2 aromatic carbocycles. The van der Waals surface area contributed by atoms with Crippen LogP contribution in [0, 0.1) is 27.7 Å². The van der Waals surface area contributed by atoms with Gasteiger partial charge in [0.25, 0.3) is 11.8 Å². The summed E-state index contributed by atoms with van der Waals surface area (Å²) in [6.07, 6.45) is 2.88. The minimum Gasteiger partial charge on any atom is -0.452 e. The zero-order valence-corrected chi connectivity index (χ0v) is 19.7. The van der Waals surface area contributed by atoms with Crippen LogP contribution in [0.4, 0.5) is 0 Å². The number of hydrazine groups is 1. The van der Waals surface area contributed by atoms with Crippen LogP contribution in [0.15, 0.2) is 54.6 Å². The molecule has 3 aromatic rings. The van der Waals surface area contributed by atoms with E-state index in [1.807, 2.05) is 32.4 Å². The lowest BCUT2D eigenvalue weighted by Crippen LogP contribution is -2.43. The van der Waals surface area contributed by atoms with Crippen LogP contribution in [0.1, 0.15) is 44.0 Å². The van der Waals surface area contributed by atoms with Crippen molar-refractivity contribution in [3.8, 4) is 0 Å². The highest BCUT2D eigenvalue weighted by Gasteiger charge is 2.12. The summed E-state index contributed by atoms with van der Waals surface area (Å²) in [5, 5.41) is 4.56. The van der Waals surface area contributed by atoms with Crippen molar-refractivity contribution in [2.75, 3.05) is 6.61 Å². The molecule has 0 unspecified atom stereocenters. The molecule has 0 spiro atoms. The molecule has 8 nitrogen and oxygen atoms in total. The molecule has 0 saturated carbocycles. The first kappa shape index (κ1) is 24.4. The van der Waals surface area contributed by atoms with Gasteiger partial charge in [0.2, 0.25) is 0 Å². The van der Waals surface area contributed by atoms with Crippen LogP contribution in [0.2, 0.25) is 0 Å². The molecule has 0 saturated heterocycles. The van der Waals surface area contributed by atoms with Gasteiger partial charge in [-0.05, 0) is 51.5 Å². The molecular weight excluding hydrogens is 432 g/mol. The summed E-state index contributed by atoms with van der Waals surface area (Å²) < 4.78 is 6.84. The number of ether oxygens (including phenoxy) is 1. The van der Waals surface area contributed by atoms with Crippen molar-refractivity contribution in [1.29, 1.82) is 0 Å². The number of hydrogen-bond acceptors (Lipinski definition) is 5. The third-order valence-corrected chi connectivity index (χ3v) is 5.25. The lowest BCUT2D eigenvalue weighted by atomic mass is 10.1. The van der Waals surface area contributed by atoms with Gasteiger partial charge in [0.15, 0.2) is 6.61 Å². The van der Waals surface area contributed by atoms with Crippen LogP contribution in [0.3, 0.4) is 0 Å². The van der Waals surface area contributed by atoms with E-state index in [9.17, 15) is 14.4 Å². The van der Waals surface area contributed by atoms with E-state index >= 15 is 0 Å². The number of nitrogens with zero attached hydrogens (tertiary/aromatic N) is 2.